The molecule has 0 radical (unpaired) electrons. The highest BCUT2D eigenvalue weighted by atomic mass is 16.6. The van der Waals surface area contributed by atoms with E-state index in [4.69, 9.17) is 10.00 Å². The lowest BCUT2D eigenvalue weighted by Crippen LogP contribution is -2.74. The van der Waals surface area contributed by atoms with Crippen LogP contribution in [-0.2, 0) is 9.53 Å². The summed E-state index contributed by atoms with van der Waals surface area (Å²) in [4.78, 5) is 28.1. The molecule has 0 unspecified atom stereocenters. The van der Waals surface area contributed by atoms with Crippen LogP contribution in [0, 0.1) is 17.2 Å². The van der Waals surface area contributed by atoms with Gasteiger partial charge in [0.2, 0.25) is 5.91 Å². The summed E-state index contributed by atoms with van der Waals surface area (Å²) >= 11 is 0. The molecule has 4 fully saturated rings. The molecule has 0 spiro atoms. The molecule has 0 aromatic heterocycles. The highest BCUT2D eigenvalue weighted by Crippen LogP contribution is 2.40. The molecule has 114 valence electrons. The second kappa shape index (κ2) is 4.62. The Bertz CT molecular complexity index is 513. The predicted octanol–water partition coefficient (Wildman–Crippen LogP) is 1.51. The number of fused-ring (bicyclic) bond motifs is 2. The fourth-order valence-electron chi connectivity index (χ4n) is 3.36. The first-order valence-electron chi connectivity index (χ1n) is 7.51. The molecule has 0 aromatic carbocycles. The Morgan fingerprint density at radius 1 is 1.29 bits per heavy atom. The van der Waals surface area contributed by atoms with E-state index in [9.17, 15) is 9.59 Å². The normalized spacial score (nSPS) is 34.7. The van der Waals surface area contributed by atoms with Crippen molar-refractivity contribution in [3.8, 4) is 6.07 Å². The molecule has 2 bridgehead atoms. The molecule has 1 saturated carbocycles. The Hall–Kier alpha value is -1.77. The first-order valence-corrected chi connectivity index (χ1v) is 7.51. The SMILES string of the molecule is CC(C)(C)OC(=O)N1[C@@H]2C[C@H]1C(=O)N([C@H]1C[C@@H](C#N)C1)C2. The Labute approximate surface area is 124 Å². The van der Waals surface area contributed by atoms with E-state index >= 15 is 0 Å². The summed E-state index contributed by atoms with van der Waals surface area (Å²) < 4.78 is 5.37. The van der Waals surface area contributed by atoms with E-state index in [2.05, 4.69) is 6.07 Å². The number of hydrogen-bond acceptors (Lipinski definition) is 4. The average Bonchev–Trinajstić information content (AvgIpc) is 2.25. The monoisotopic (exact) mass is 291 g/mol. The van der Waals surface area contributed by atoms with Gasteiger partial charge in [-0.1, -0.05) is 0 Å². The highest BCUT2D eigenvalue weighted by molar-refractivity contribution is 5.90. The summed E-state index contributed by atoms with van der Waals surface area (Å²) in [5.74, 6) is 0.104. The minimum Gasteiger partial charge on any atom is -0.444 e. The van der Waals surface area contributed by atoms with Crippen LogP contribution in [-0.4, -0.2) is 52.1 Å². The van der Waals surface area contributed by atoms with Crippen molar-refractivity contribution in [1.29, 1.82) is 5.26 Å². The Balaban J connectivity index is 1.62. The van der Waals surface area contributed by atoms with Gasteiger partial charge in [-0.3, -0.25) is 9.69 Å². The summed E-state index contributed by atoms with van der Waals surface area (Å²) in [5.41, 5.74) is -0.544. The van der Waals surface area contributed by atoms with Crippen LogP contribution in [0.5, 0.6) is 0 Å². The third-order valence-corrected chi connectivity index (χ3v) is 4.54. The number of nitrogens with zero attached hydrogens (tertiary/aromatic N) is 3. The summed E-state index contributed by atoms with van der Waals surface area (Å²) in [6, 6.07) is 2.14. The van der Waals surface area contributed by atoms with Crippen molar-refractivity contribution in [3.05, 3.63) is 0 Å². The second-order valence-electron chi connectivity index (χ2n) is 7.23. The lowest BCUT2D eigenvalue weighted by Gasteiger charge is -2.57. The van der Waals surface area contributed by atoms with Crippen LogP contribution in [0.1, 0.15) is 40.0 Å². The molecular weight excluding hydrogens is 270 g/mol. The minimum absolute atomic E-state index is 0.0183. The van der Waals surface area contributed by atoms with E-state index in [1.54, 1.807) is 4.90 Å². The molecule has 21 heavy (non-hydrogen) atoms. The number of nitriles is 1. The van der Waals surface area contributed by atoms with Gasteiger partial charge in [-0.2, -0.15) is 5.26 Å². The molecule has 0 aromatic rings. The van der Waals surface area contributed by atoms with E-state index in [0.717, 1.165) is 19.3 Å². The Kier molecular flexibility index (Phi) is 3.12. The zero-order valence-corrected chi connectivity index (χ0v) is 12.7. The molecule has 1 aliphatic carbocycles. The van der Waals surface area contributed by atoms with Gasteiger partial charge in [-0.15, -0.1) is 0 Å². The number of amides is 2. The lowest BCUT2D eigenvalue weighted by molar-refractivity contribution is -0.164. The molecule has 3 heterocycles. The van der Waals surface area contributed by atoms with Gasteiger partial charge in [0.15, 0.2) is 0 Å². The lowest BCUT2D eigenvalue weighted by atomic mass is 9.77. The number of carbonyl (C=O) groups excluding carboxylic acids is 2. The van der Waals surface area contributed by atoms with Crippen molar-refractivity contribution in [2.45, 2.75) is 63.8 Å². The molecule has 0 N–H and O–H groups in total. The zero-order chi connectivity index (χ0) is 15.4. The summed E-state index contributed by atoms with van der Waals surface area (Å²) in [7, 11) is 0. The van der Waals surface area contributed by atoms with Gasteiger partial charge in [0.1, 0.15) is 11.6 Å². The average molecular weight is 291 g/mol. The molecule has 2 atom stereocenters. The van der Waals surface area contributed by atoms with Crippen LogP contribution in [0.3, 0.4) is 0 Å². The fourth-order valence-corrected chi connectivity index (χ4v) is 3.36. The van der Waals surface area contributed by atoms with Gasteiger partial charge in [0, 0.05) is 12.6 Å². The molecule has 6 nitrogen and oxygen atoms in total. The quantitative estimate of drug-likeness (QED) is 0.734. The first-order chi connectivity index (χ1) is 9.80. The molecule has 3 aliphatic heterocycles. The van der Waals surface area contributed by atoms with Gasteiger partial charge in [-0.25, -0.2) is 4.79 Å². The van der Waals surface area contributed by atoms with Crippen molar-refractivity contribution in [3.63, 3.8) is 0 Å². The maximum atomic E-state index is 12.5. The van der Waals surface area contributed by atoms with Crippen molar-refractivity contribution < 1.29 is 14.3 Å². The summed E-state index contributed by atoms with van der Waals surface area (Å²) in [5, 5.41) is 8.83. The van der Waals surface area contributed by atoms with Crippen molar-refractivity contribution in [1.82, 2.24) is 9.80 Å². The smallest absolute Gasteiger partial charge is 0.411 e. The summed E-state index contributed by atoms with van der Waals surface area (Å²) in [6.07, 6.45) is 1.89. The maximum Gasteiger partial charge on any atom is 0.411 e. The van der Waals surface area contributed by atoms with Crippen molar-refractivity contribution in [2.24, 2.45) is 5.92 Å². The van der Waals surface area contributed by atoms with Crippen LogP contribution >= 0.6 is 0 Å². The van der Waals surface area contributed by atoms with E-state index < -0.39 is 5.60 Å². The third-order valence-electron chi connectivity index (χ3n) is 4.54. The Morgan fingerprint density at radius 3 is 2.48 bits per heavy atom. The van der Waals surface area contributed by atoms with Gasteiger partial charge in [0.25, 0.3) is 0 Å². The Morgan fingerprint density at radius 2 is 1.95 bits per heavy atom. The molecule has 2 amide bonds. The van der Waals surface area contributed by atoms with Crippen LogP contribution in [0.4, 0.5) is 4.79 Å². The van der Waals surface area contributed by atoms with Gasteiger partial charge in [0.05, 0.1) is 18.0 Å². The van der Waals surface area contributed by atoms with Gasteiger partial charge < -0.3 is 9.64 Å². The number of rotatable bonds is 1. The van der Waals surface area contributed by atoms with E-state index in [1.165, 1.54) is 0 Å². The van der Waals surface area contributed by atoms with Gasteiger partial charge >= 0.3 is 6.09 Å². The van der Waals surface area contributed by atoms with Gasteiger partial charge in [-0.05, 0) is 40.0 Å². The molecule has 6 heteroatoms. The number of ether oxygens (including phenoxy) is 1. The van der Waals surface area contributed by atoms with Crippen LogP contribution < -0.4 is 0 Å². The standard InChI is InChI=1S/C15H21N3O3/c1-15(2,3)21-14(20)18-11-6-12(18)13(19)17(8-11)10-4-9(5-10)7-16/h9-12H,4-6,8H2,1-3H3/t9-,10+,11-,12+/m1/s1. The topological polar surface area (TPSA) is 73.6 Å². The van der Waals surface area contributed by atoms with Crippen molar-refractivity contribution in [2.75, 3.05) is 6.54 Å². The zero-order valence-electron chi connectivity index (χ0n) is 12.7. The van der Waals surface area contributed by atoms with Crippen LogP contribution in [0.25, 0.3) is 0 Å². The number of piperidine rings is 1. The van der Waals surface area contributed by atoms with Crippen LogP contribution in [0.2, 0.25) is 0 Å². The van der Waals surface area contributed by atoms with Crippen molar-refractivity contribution >= 4 is 12.0 Å². The van der Waals surface area contributed by atoms with E-state index in [1.807, 2.05) is 25.7 Å². The van der Waals surface area contributed by atoms with Crippen LogP contribution in [0.15, 0.2) is 0 Å². The number of carbonyl (C=O) groups is 2. The second-order valence-corrected chi connectivity index (χ2v) is 7.23. The largest absolute Gasteiger partial charge is 0.444 e. The first kappa shape index (κ1) is 14.2. The molecule has 3 saturated heterocycles. The van der Waals surface area contributed by atoms with E-state index in [0.29, 0.717) is 6.54 Å². The fraction of sp³-hybridized carbons (Fsp3) is 0.800. The minimum atomic E-state index is -0.544. The number of hydrogen-bond donors (Lipinski definition) is 0. The van der Waals surface area contributed by atoms with E-state index in [-0.39, 0.29) is 36.0 Å². The highest BCUT2D eigenvalue weighted by Gasteiger charge is 2.56. The molecule has 4 aliphatic rings. The predicted molar refractivity (Wildman–Crippen MR) is 74.1 cm³/mol. The third kappa shape index (κ3) is 2.35. The molecule has 4 rings (SSSR count). The molecular formula is C15H21N3O3. The number of piperazine rings is 1. The summed E-state index contributed by atoms with van der Waals surface area (Å²) in [6.45, 7) is 6.05. The maximum absolute atomic E-state index is 12.5.